The Hall–Kier alpha value is -2.97. The van der Waals surface area contributed by atoms with E-state index in [1.54, 1.807) is 13.8 Å². The Morgan fingerprint density at radius 2 is 1.81 bits per heavy atom. The number of carbonyl (C=O) groups is 1. The summed E-state index contributed by atoms with van der Waals surface area (Å²) in [5.74, 6) is 0.136. The molecule has 27 heavy (non-hydrogen) atoms. The first-order valence-electron chi connectivity index (χ1n) is 8.00. The van der Waals surface area contributed by atoms with E-state index >= 15 is 0 Å². The number of carbonyl (C=O) groups excluding carboxylic acids is 1. The van der Waals surface area contributed by atoms with Gasteiger partial charge in [-0.2, -0.15) is 18.2 Å². The molecule has 2 rings (SSSR count). The molecule has 0 saturated carbocycles. The van der Waals surface area contributed by atoms with Crippen molar-refractivity contribution in [2.75, 3.05) is 12.4 Å². The van der Waals surface area contributed by atoms with Gasteiger partial charge in [0.25, 0.3) is 0 Å². The van der Waals surface area contributed by atoms with E-state index in [1.807, 2.05) is 0 Å². The van der Waals surface area contributed by atoms with Crippen molar-refractivity contribution in [2.24, 2.45) is 0 Å². The number of benzene rings is 1. The number of rotatable bonds is 6. The molecule has 0 aliphatic heterocycles. The third-order valence-electron chi connectivity index (χ3n) is 3.87. The van der Waals surface area contributed by atoms with Crippen LogP contribution in [0.25, 0.3) is 0 Å². The van der Waals surface area contributed by atoms with Gasteiger partial charge < -0.3 is 10.1 Å². The molecular formula is C18H19F3N4O2. The maximum absolute atomic E-state index is 12.7. The summed E-state index contributed by atoms with van der Waals surface area (Å²) in [6.45, 7) is 4.59. The van der Waals surface area contributed by atoms with E-state index in [0.717, 1.165) is 12.1 Å². The Kier molecular flexibility index (Phi) is 5.82. The minimum Gasteiger partial charge on any atom is -0.480 e. The SMILES string of the molecule is COc1nc(C)nc(N[C@@H](C)c2ccc(C(F)(F)F)cc2)c1C(=N)C(C)=O. The fourth-order valence-corrected chi connectivity index (χ4v) is 2.45. The number of methoxy groups -OCH3 is 1. The predicted molar refractivity (Wildman–Crippen MR) is 94.3 cm³/mol. The normalized spacial score (nSPS) is 12.4. The third kappa shape index (κ3) is 4.60. The van der Waals surface area contributed by atoms with Gasteiger partial charge in [-0.3, -0.25) is 10.2 Å². The predicted octanol–water partition coefficient (Wildman–Crippen LogP) is 3.94. The van der Waals surface area contributed by atoms with Crippen molar-refractivity contribution in [3.63, 3.8) is 0 Å². The van der Waals surface area contributed by atoms with Gasteiger partial charge in [0, 0.05) is 13.0 Å². The Morgan fingerprint density at radius 3 is 2.30 bits per heavy atom. The van der Waals surface area contributed by atoms with Crippen LogP contribution in [0.4, 0.5) is 19.0 Å². The van der Waals surface area contributed by atoms with Gasteiger partial charge in [0.1, 0.15) is 22.9 Å². The number of ketones is 1. The molecule has 0 amide bonds. The first-order valence-corrected chi connectivity index (χ1v) is 8.00. The summed E-state index contributed by atoms with van der Waals surface area (Å²) in [6.07, 6.45) is -4.41. The van der Waals surface area contributed by atoms with Crippen LogP contribution in [0.1, 0.15) is 42.4 Å². The lowest BCUT2D eigenvalue weighted by molar-refractivity contribution is -0.137. The lowest BCUT2D eigenvalue weighted by atomic mass is 10.0. The minimum absolute atomic E-state index is 0.0739. The van der Waals surface area contributed by atoms with Crippen LogP contribution in [0.2, 0.25) is 0 Å². The zero-order valence-corrected chi connectivity index (χ0v) is 15.2. The highest BCUT2D eigenvalue weighted by Crippen LogP contribution is 2.31. The standard InChI is InChI=1S/C18H19F3N4O2/c1-9(12-5-7-13(8-6-12)18(19,20)21)23-16-14(15(22)10(2)26)17(27-4)25-11(3)24-16/h5-9,22H,1-4H3,(H,23,24,25)/t9-/m0/s1. The summed E-state index contributed by atoms with van der Waals surface area (Å²) in [5, 5.41) is 11.0. The number of alkyl halides is 3. The molecule has 1 atom stereocenters. The summed E-state index contributed by atoms with van der Waals surface area (Å²) < 4.78 is 43.3. The van der Waals surface area contributed by atoms with Crippen LogP contribution in [-0.4, -0.2) is 28.6 Å². The molecule has 1 aromatic heterocycles. The van der Waals surface area contributed by atoms with Crippen LogP contribution >= 0.6 is 0 Å². The van der Waals surface area contributed by atoms with Crippen molar-refractivity contribution in [3.05, 3.63) is 46.8 Å². The number of anilines is 1. The summed E-state index contributed by atoms with van der Waals surface area (Å²) >= 11 is 0. The Bertz CT molecular complexity index is 864. The molecule has 0 bridgehead atoms. The van der Waals surface area contributed by atoms with Crippen LogP contribution in [0.5, 0.6) is 5.88 Å². The molecule has 0 unspecified atom stereocenters. The first-order chi connectivity index (χ1) is 12.5. The van der Waals surface area contributed by atoms with E-state index in [9.17, 15) is 18.0 Å². The number of hydrogen-bond acceptors (Lipinski definition) is 6. The van der Waals surface area contributed by atoms with Crippen LogP contribution in [0, 0.1) is 12.3 Å². The molecule has 2 aromatic rings. The molecule has 144 valence electrons. The monoisotopic (exact) mass is 380 g/mol. The molecule has 6 nitrogen and oxygen atoms in total. The molecule has 0 aliphatic carbocycles. The van der Waals surface area contributed by atoms with Gasteiger partial charge in [-0.1, -0.05) is 12.1 Å². The fraction of sp³-hybridized carbons (Fsp3) is 0.333. The van der Waals surface area contributed by atoms with Gasteiger partial charge in [0.05, 0.1) is 12.7 Å². The minimum atomic E-state index is -4.41. The second-order valence-corrected chi connectivity index (χ2v) is 5.92. The lowest BCUT2D eigenvalue weighted by Gasteiger charge is -2.19. The molecule has 0 saturated heterocycles. The molecule has 9 heteroatoms. The van der Waals surface area contributed by atoms with Gasteiger partial charge in [0.2, 0.25) is 5.88 Å². The summed E-state index contributed by atoms with van der Waals surface area (Å²) in [5.41, 5.74) is -0.376. The Morgan fingerprint density at radius 1 is 1.22 bits per heavy atom. The quantitative estimate of drug-likeness (QED) is 0.741. The summed E-state index contributed by atoms with van der Waals surface area (Å²) in [4.78, 5) is 20.0. The van der Waals surface area contributed by atoms with E-state index in [0.29, 0.717) is 11.4 Å². The zero-order chi connectivity index (χ0) is 20.4. The lowest BCUT2D eigenvalue weighted by Crippen LogP contribution is -2.19. The van der Waals surface area contributed by atoms with Crippen molar-refractivity contribution in [2.45, 2.75) is 33.0 Å². The smallest absolute Gasteiger partial charge is 0.416 e. The third-order valence-corrected chi connectivity index (χ3v) is 3.87. The highest BCUT2D eigenvalue weighted by Gasteiger charge is 2.30. The molecule has 0 radical (unpaired) electrons. The summed E-state index contributed by atoms with van der Waals surface area (Å²) in [6, 6.07) is 4.28. The van der Waals surface area contributed by atoms with Crippen molar-refractivity contribution < 1.29 is 22.7 Å². The van der Waals surface area contributed by atoms with Crippen molar-refractivity contribution in [1.29, 1.82) is 5.41 Å². The van der Waals surface area contributed by atoms with Gasteiger partial charge in [-0.05, 0) is 31.5 Å². The number of halogens is 3. The van der Waals surface area contributed by atoms with E-state index in [-0.39, 0.29) is 23.0 Å². The first kappa shape index (κ1) is 20.3. The van der Waals surface area contributed by atoms with E-state index in [4.69, 9.17) is 10.1 Å². The maximum atomic E-state index is 12.7. The van der Waals surface area contributed by atoms with Crippen molar-refractivity contribution in [1.82, 2.24) is 9.97 Å². The van der Waals surface area contributed by atoms with E-state index in [2.05, 4.69) is 15.3 Å². The van der Waals surface area contributed by atoms with Crippen LogP contribution < -0.4 is 10.1 Å². The Labute approximate surface area is 154 Å². The van der Waals surface area contributed by atoms with Crippen molar-refractivity contribution >= 4 is 17.3 Å². The van der Waals surface area contributed by atoms with Gasteiger partial charge >= 0.3 is 6.18 Å². The van der Waals surface area contributed by atoms with Crippen LogP contribution in [0.3, 0.4) is 0 Å². The molecule has 0 fully saturated rings. The fourth-order valence-electron chi connectivity index (χ4n) is 2.45. The van der Waals surface area contributed by atoms with Crippen LogP contribution in [0.15, 0.2) is 24.3 Å². The molecule has 2 N–H and O–H groups in total. The molecule has 0 aliphatic rings. The number of nitrogens with one attached hydrogen (secondary N) is 2. The largest absolute Gasteiger partial charge is 0.480 e. The molecule has 0 spiro atoms. The summed E-state index contributed by atoms with van der Waals surface area (Å²) in [7, 11) is 1.36. The topological polar surface area (TPSA) is 88.0 Å². The Balaban J connectivity index is 2.39. The number of hydrogen-bond donors (Lipinski definition) is 2. The highest BCUT2D eigenvalue weighted by atomic mass is 19.4. The number of ether oxygens (including phenoxy) is 1. The van der Waals surface area contributed by atoms with Crippen LogP contribution in [-0.2, 0) is 11.0 Å². The molecular weight excluding hydrogens is 361 g/mol. The average Bonchev–Trinajstić information content (AvgIpc) is 2.59. The number of Topliss-reactive ketones (excluding diaryl/α,β-unsaturated/α-hetero) is 1. The number of aryl methyl sites for hydroxylation is 1. The zero-order valence-electron chi connectivity index (χ0n) is 15.2. The van der Waals surface area contributed by atoms with E-state index < -0.39 is 23.6 Å². The van der Waals surface area contributed by atoms with Gasteiger partial charge in [-0.25, -0.2) is 4.98 Å². The number of aromatic nitrogens is 2. The molecule has 1 aromatic carbocycles. The van der Waals surface area contributed by atoms with E-state index in [1.165, 1.54) is 26.2 Å². The maximum Gasteiger partial charge on any atom is 0.416 e. The van der Waals surface area contributed by atoms with Gasteiger partial charge in [0.15, 0.2) is 5.78 Å². The molecule has 1 heterocycles. The van der Waals surface area contributed by atoms with Gasteiger partial charge in [-0.15, -0.1) is 0 Å². The highest BCUT2D eigenvalue weighted by molar-refractivity contribution is 6.45. The number of nitrogens with zero attached hydrogens (tertiary/aromatic N) is 2. The average molecular weight is 380 g/mol. The van der Waals surface area contributed by atoms with Crippen molar-refractivity contribution in [3.8, 4) is 5.88 Å². The second-order valence-electron chi connectivity index (χ2n) is 5.92. The second kappa shape index (κ2) is 7.73.